The molecule has 1 aromatic heterocycles. The number of rotatable bonds is 1. The molecule has 4 heteroatoms. The highest BCUT2D eigenvalue weighted by atomic mass is 35.5. The van der Waals surface area contributed by atoms with Crippen LogP contribution in [0.2, 0.25) is 5.02 Å². The second-order valence-corrected chi connectivity index (χ2v) is 7.54. The van der Waals surface area contributed by atoms with E-state index in [9.17, 15) is 0 Å². The summed E-state index contributed by atoms with van der Waals surface area (Å²) < 4.78 is 5.84. The zero-order valence-electron chi connectivity index (χ0n) is 12.9. The molecule has 0 aliphatic carbocycles. The number of hydrogen-bond donors (Lipinski definition) is 0. The largest absolute Gasteiger partial charge is 0.420 e. The van der Waals surface area contributed by atoms with Gasteiger partial charge >= 0.3 is 0 Å². The van der Waals surface area contributed by atoms with Crippen LogP contribution < -0.4 is 0 Å². The highest BCUT2D eigenvalue weighted by Gasteiger charge is 2.25. The van der Waals surface area contributed by atoms with Gasteiger partial charge in [-0.15, -0.1) is 10.2 Å². The van der Waals surface area contributed by atoms with E-state index in [2.05, 4.69) is 51.7 Å². The van der Waals surface area contributed by atoms with Crippen molar-refractivity contribution in [1.29, 1.82) is 0 Å². The molecule has 2 aromatic rings. The third kappa shape index (κ3) is 3.04. The van der Waals surface area contributed by atoms with Crippen LogP contribution in [0.4, 0.5) is 0 Å². The average molecular weight is 293 g/mol. The van der Waals surface area contributed by atoms with E-state index in [4.69, 9.17) is 16.0 Å². The predicted octanol–water partition coefficient (Wildman–Crippen LogP) is 4.99. The van der Waals surface area contributed by atoms with Crippen molar-refractivity contribution in [2.45, 2.75) is 52.4 Å². The fourth-order valence-corrected chi connectivity index (χ4v) is 2.13. The molecular formula is C16H21ClN2O. The van der Waals surface area contributed by atoms with Crippen molar-refractivity contribution in [1.82, 2.24) is 10.2 Å². The number of hydrogen-bond acceptors (Lipinski definition) is 3. The van der Waals surface area contributed by atoms with Crippen molar-refractivity contribution in [2.75, 3.05) is 0 Å². The normalized spacial score (nSPS) is 12.8. The second kappa shape index (κ2) is 4.88. The van der Waals surface area contributed by atoms with E-state index in [0.29, 0.717) is 16.8 Å². The lowest BCUT2D eigenvalue weighted by molar-refractivity contribution is 0.398. The number of halogens is 1. The van der Waals surface area contributed by atoms with Gasteiger partial charge in [0.1, 0.15) is 0 Å². The van der Waals surface area contributed by atoms with Gasteiger partial charge in [0.05, 0.1) is 0 Å². The molecule has 0 atom stereocenters. The Morgan fingerprint density at radius 1 is 0.950 bits per heavy atom. The molecule has 0 aliphatic rings. The molecule has 108 valence electrons. The molecule has 0 saturated heterocycles. The number of nitrogens with zero attached hydrogens (tertiary/aromatic N) is 2. The highest BCUT2D eigenvalue weighted by Crippen LogP contribution is 2.35. The second-order valence-electron chi connectivity index (χ2n) is 7.10. The SMILES string of the molecule is CC(C)(C)c1nnc(-c2ccc(Cl)cc2C(C)(C)C)o1. The molecule has 20 heavy (non-hydrogen) atoms. The lowest BCUT2D eigenvalue weighted by atomic mass is 9.84. The highest BCUT2D eigenvalue weighted by molar-refractivity contribution is 6.30. The molecule has 0 aliphatic heterocycles. The predicted molar refractivity (Wildman–Crippen MR) is 82.1 cm³/mol. The molecule has 3 nitrogen and oxygen atoms in total. The molecule has 0 radical (unpaired) electrons. The average Bonchev–Trinajstić information content (AvgIpc) is 2.76. The van der Waals surface area contributed by atoms with Gasteiger partial charge in [-0.25, -0.2) is 0 Å². The first-order valence-corrected chi connectivity index (χ1v) is 7.11. The Labute approximate surface area is 125 Å². The molecule has 2 rings (SSSR count). The van der Waals surface area contributed by atoms with E-state index in [0.717, 1.165) is 11.1 Å². The zero-order valence-corrected chi connectivity index (χ0v) is 13.7. The van der Waals surface area contributed by atoms with Gasteiger partial charge in [-0.2, -0.15) is 0 Å². The van der Waals surface area contributed by atoms with E-state index in [1.54, 1.807) is 0 Å². The van der Waals surface area contributed by atoms with Gasteiger partial charge in [0, 0.05) is 16.0 Å². The van der Waals surface area contributed by atoms with Gasteiger partial charge in [-0.05, 0) is 29.2 Å². The molecule has 0 bridgehead atoms. The molecule has 0 unspecified atom stereocenters. The summed E-state index contributed by atoms with van der Waals surface area (Å²) in [4.78, 5) is 0. The molecule has 1 heterocycles. The zero-order chi connectivity index (χ0) is 15.1. The summed E-state index contributed by atoms with van der Waals surface area (Å²) in [6.07, 6.45) is 0. The van der Waals surface area contributed by atoms with Crippen molar-refractivity contribution < 1.29 is 4.42 Å². The van der Waals surface area contributed by atoms with E-state index in [1.165, 1.54) is 0 Å². The minimum absolute atomic E-state index is 0.0450. The standard InChI is InChI=1S/C16H21ClN2O/c1-15(2,3)12-9-10(17)7-8-11(12)13-18-19-14(20-13)16(4,5)6/h7-9H,1-6H3. The fourth-order valence-electron chi connectivity index (χ4n) is 1.96. The minimum Gasteiger partial charge on any atom is -0.420 e. The van der Waals surface area contributed by atoms with Gasteiger partial charge in [-0.1, -0.05) is 53.1 Å². The summed E-state index contributed by atoms with van der Waals surface area (Å²) in [7, 11) is 0. The van der Waals surface area contributed by atoms with Gasteiger partial charge in [-0.3, -0.25) is 0 Å². The van der Waals surface area contributed by atoms with Crippen LogP contribution in [0.1, 0.15) is 53.0 Å². The van der Waals surface area contributed by atoms with Crippen LogP contribution in [-0.4, -0.2) is 10.2 Å². The Hall–Kier alpha value is -1.35. The molecule has 0 spiro atoms. The van der Waals surface area contributed by atoms with E-state index >= 15 is 0 Å². The van der Waals surface area contributed by atoms with E-state index in [1.807, 2.05) is 18.2 Å². The Morgan fingerprint density at radius 3 is 2.10 bits per heavy atom. The van der Waals surface area contributed by atoms with Gasteiger partial charge in [0.15, 0.2) is 0 Å². The monoisotopic (exact) mass is 292 g/mol. The molecule has 0 N–H and O–H groups in total. The maximum Gasteiger partial charge on any atom is 0.248 e. The Bertz CT molecular complexity index is 618. The summed E-state index contributed by atoms with van der Waals surface area (Å²) in [5.41, 5.74) is 1.86. The first kappa shape index (κ1) is 15.0. The van der Waals surface area contributed by atoms with Gasteiger partial charge in [0.2, 0.25) is 11.8 Å². The third-order valence-electron chi connectivity index (χ3n) is 3.09. The molecular weight excluding hydrogens is 272 g/mol. The quantitative estimate of drug-likeness (QED) is 0.743. The summed E-state index contributed by atoms with van der Waals surface area (Å²) in [6, 6.07) is 5.77. The Balaban J connectivity index is 2.56. The summed E-state index contributed by atoms with van der Waals surface area (Å²) in [5.74, 6) is 1.19. The van der Waals surface area contributed by atoms with Crippen molar-refractivity contribution in [3.05, 3.63) is 34.7 Å². The molecule has 1 aromatic carbocycles. The molecule has 0 saturated carbocycles. The van der Waals surface area contributed by atoms with Gasteiger partial charge < -0.3 is 4.42 Å². The van der Waals surface area contributed by atoms with Crippen LogP contribution in [0.25, 0.3) is 11.5 Å². The molecule has 0 fully saturated rings. The van der Waals surface area contributed by atoms with Crippen LogP contribution in [0.5, 0.6) is 0 Å². The lowest BCUT2D eigenvalue weighted by Gasteiger charge is -2.22. The van der Waals surface area contributed by atoms with Crippen molar-refractivity contribution in [3.8, 4) is 11.5 Å². The fraction of sp³-hybridized carbons (Fsp3) is 0.500. The van der Waals surface area contributed by atoms with E-state index in [-0.39, 0.29) is 10.8 Å². The summed E-state index contributed by atoms with van der Waals surface area (Å²) in [6.45, 7) is 12.6. The van der Waals surface area contributed by atoms with Crippen LogP contribution in [0.15, 0.2) is 22.6 Å². The Kier molecular flexibility index (Phi) is 3.67. The maximum atomic E-state index is 6.12. The van der Waals surface area contributed by atoms with Crippen molar-refractivity contribution in [3.63, 3.8) is 0 Å². The number of benzene rings is 1. The lowest BCUT2D eigenvalue weighted by Crippen LogP contribution is -2.13. The topological polar surface area (TPSA) is 38.9 Å². The van der Waals surface area contributed by atoms with Crippen LogP contribution in [0.3, 0.4) is 0 Å². The van der Waals surface area contributed by atoms with Crippen molar-refractivity contribution >= 4 is 11.6 Å². The minimum atomic E-state index is -0.153. The first-order chi connectivity index (χ1) is 9.09. The first-order valence-electron chi connectivity index (χ1n) is 6.73. The smallest absolute Gasteiger partial charge is 0.248 e. The number of aromatic nitrogens is 2. The van der Waals surface area contributed by atoms with Crippen LogP contribution in [-0.2, 0) is 10.8 Å². The van der Waals surface area contributed by atoms with Gasteiger partial charge in [0.25, 0.3) is 0 Å². The summed E-state index contributed by atoms with van der Waals surface area (Å²) in [5, 5.41) is 9.07. The van der Waals surface area contributed by atoms with Crippen molar-refractivity contribution in [2.24, 2.45) is 0 Å². The van der Waals surface area contributed by atoms with Crippen LogP contribution >= 0.6 is 11.6 Å². The third-order valence-corrected chi connectivity index (χ3v) is 3.32. The maximum absolute atomic E-state index is 6.12. The summed E-state index contributed by atoms with van der Waals surface area (Å²) >= 11 is 6.12. The Morgan fingerprint density at radius 2 is 1.60 bits per heavy atom. The van der Waals surface area contributed by atoms with Crippen LogP contribution in [0, 0.1) is 0 Å². The molecule has 0 amide bonds. The van der Waals surface area contributed by atoms with E-state index < -0.39 is 0 Å².